The summed E-state index contributed by atoms with van der Waals surface area (Å²) >= 11 is 0. The molecule has 0 spiro atoms. The van der Waals surface area contributed by atoms with Gasteiger partial charge in [-0.15, -0.1) is 0 Å². The number of methoxy groups -OCH3 is 2. The van der Waals surface area contributed by atoms with E-state index in [2.05, 4.69) is 5.16 Å². The number of fused-ring (bicyclic) bond motifs is 1. The van der Waals surface area contributed by atoms with Gasteiger partial charge >= 0.3 is 0 Å². The number of amides is 2. The van der Waals surface area contributed by atoms with Crippen molar-refractivity contribution >= 4 is 28.9 Å². The third-order valence-electron chi connectivity index (χ3n) is 5.21. The highest BCUT2D eigenvalue weighted by Gasteiger charge is 2.56. The molecule has 0 bridgehead atoms. The van der Waals surface area contributed by atoms with Gasteiger partial charge in [0.05, 0.1) is 30.4 Å². The van der Waals surface area contributed by atoms with Crippen LogP contribution in [0, 0.1) is 23.0 Å². The molecule has 0 aromatic heterocycles. The molecule has 0 radical (unpaired) electrons. The van der Waals surface area contributed by atoms with Gasteiger partial charge in [0.15, 0.2) is 11.5 Å². The molecule has 2 heterocycles. The number of nitro groups is 1. The summed E-state index contributed by atoms with van der Waals surface area (Å²) in [4.78, 5) is 43.1. The molecule has 30 heavy (non-hydrogen) atoms. The maximum absolute atomic E-state index is 13.2. The Labute approximate surface area is 170 Å². The molecule has 10 nitrogen and oxygen atoms in total. The first-order valence-electron chi connectivity index (χ1n) is 8.97. The van der Waals surface area contributed by atoms with Crippen molar-refractivity contribution in [1.29, 1.82) is 0 Å². The zero-order valence-corrected chi connectivity index (χ0v) is 16.3. The van der Waals surface area contributed by atoms with E-state index in [0.29, 0.717) is 17.1 Å². The van der Waals surface area contributed by atoms with Crippen molar-refractivity contribution in [3.63, 3.8) is 0 Å². The summed E-state index contributed by atoms with van der Waals surface area (Å²) in [5, 5.41) is 15.2. The van der Waals surface area contributed by atoms with E-state index in [0.717, 1.165) is 4.90 Å². The highest BCUT2D eigenvalue weighted by Crippen LogP contribution is 2.39. The lowest BCUT2D eigenvalue weighted by Crippen LogP contribution is -2.33. The summed E-state index contributed by atoms with van der Waals surface area (Å²) in [6.07, 6.45) is -1.13. The molecule has 10 heteroatoms. The van der Waals surface area contributed by atoms with Crippen molar-refractivity contribution in [2.75, 3.05) is 19.1 Å². The first kappa shape index (κ1) is 19.4. The van der Waals surface area contributed by atoms with Gasteiger partial charge in [0.2, 0.25) is 12.0 Å². The first-order valence-corrected chi connectivity index (χ1v) is 8.97. The number of carbonyl (C=O) groups is 2. The van der Waals surface area contributed by atoms with Crippen LogP contribution in [0.5, 0.6) is 11.5 Å². The molecule has 2 aromatic rings. The molecule has 2 aliphatic heterocycles. The number of rotatable bonds is 5. The number of hydrogen-bond donors (Lipinski definition) is 0. The molecule has 154 valence electrons. The standard InChI is InChI=1S/C20H17N3O7/c1-10-12(5-4-6-13(10)23(26)27)22-19(24)16-17(21-30-18(16)20(22)25)11-7-8-14(28-2)15(9-11)29-3/h4-9,16,18H,1-3H3. The highest BCUT2D eigenvalue weighted by molar-refractivity contribution is 6.32. The van der Waals surface area contributed by atoms with Crippen LogP contribution in [0.15, 0.2) is 41.6 Å². The number of carbonyl (C=O) groups excluding carboxylic acids is 2. The average molecular weight is 411 g/mol. The molecule has 4 rings (SSSR count). The predicted octanol–water partition coefficient (Wildman–Crippen LogP) is 2.21. The number of ether oxygens (including phenoxy) is 2. The smallest absolute Gasteiger partial charge is 0.278 e. The molecule has 1 fully saturated rings. The molecule has 0 aliphatic carbocycles. The van der Waals surface area contributed by atoms with Gasteiger partial charge in [0, 0.05) is 11.6 Å². The normalized spacial score (nSPS) is 20.0. The molecule has 2 aromatic carbocycles. The van der Waals surface area contributed by atoms with Crippen LogP contribution >= 0.6 is 0 Å². The first-order chi connectivity index (χ1) is 14.4. The summed E-state index contributed by atoms with van der Waals surface area (Å²) in [7, 11) is 2.98. The van der Waals surface area contributed by atoms with E-state index in [1.165, 1.54) is 39.3 Å². The molecule has 0 N–H and O–H groups in total. The number of oxime groups is 1. The zero-order chi connectivity index (χ0) is 21.6. The van der Waals surface area contributed by atoms with Gasteiger partial charge in [0.1, 0.15) is 11.6 Å². The largest absolute Gasteiger partial charge is 0.493 e. The number of nitrogens with zero attached hydrogens (tertiary/aromatic N) is 3. The fraction of sp³-hybridized carbons (Fsp3) is 0.250. The second-order valence-corrected chi connectivity index (χ2v) is 6.74. The third-order valence-corrected chi connectivity index (χ3v) is 5.21. The van der Waals surface area contributed by atoms with Crippen LogP contribution in [0.4, 0.5) is 11.4 Å². The molecule has 0 saturated carbocycles. The van der Waals surface area contributed by atoms with Gasteiger partial charge in [-0.05, 0) is 31.2 Å². The lowest BCUT2D eigenvalue weighted by atomic mass is 9.94. The van der Waals surface area contributed by atoms with Crippen LogP contribution in [0.1, 0.15) is 11.1 Å². The molecular formula is C20H17N3O7. The third kappa shape index (κ3) is 2.76. The van der Waals surface area contributed by atoms with Gasteiger partial charge in [-0.1, -0.05) is 11.2 Å². The van der Waals surface area contributed by atoms with Gasteiger partial charge in [0.25, 0.3) is 11.6 Å². The lowest BCUT2D eigenvalue weighted by Gasteiger charge is -2.17. The summed E-state index contributed by atoms with van der Waals surface area (Å²) in [5.74, 6) is -1.20. The van der Waals surface area contributed by atoms with E-state index in [1.807, 2.05) is 0 Å². The number of hydrogen-bond acceptors (Lipinski definition) is 8. The fourth-order valence-electron chi connectivity index (χ4n) is 3.70. The highest BCUT2D eigenvalue weighted by atomic mass is 16.7. The quantitative estimate of drug-likeness (QED) is 0.420. The maximum atomic E-state index is 13.2. The Bertz CT molecular complexity index is 1110. The number of anilines is 1. The van der Waals surface area contributed by atoms with Gasteiger partial charge in [-0.25, -0.2) is 4.90 Å². The Morgan fingerprint density at radius 1 is 1.10 bits per heavy atom. The van der Waals surface area contributed by atoms with Crippen LogP contribution in [-0.4, -0.2) is 42.8 Å². The lowest BCUT2D eigenvalue weighted by molar-refractivity contribution is -0.385. The van der Waals surface area contributed by atoms with Gasteiger partial charge in [-0.3, -0.25) is 19.7 Å². The van der Waals surface area contributed by atoms with Crippen LogP contribution in [0.25, 0.3) is 0 Å². The van der Waals surface area contributed by atoms with Crippen LogP contribution in [0.3, 0.4) is 0 Å². The minimum Gasteiger partial charge on any atom is -0.493 e. The van der Waals surface area contributed by atoms with Crippen molar-refractivity contribution in [2.45, 2.75) is 13.0 Å². The number of imide groups is 1. The minimum absolute atomic E-state index is 0.156. The molecule has 2 atom stereocenters. The Morgan fingerprint density at radius 3 is 2.50 bits per heavy atom. The van der Waals surface area contributed by atoms with Crippen molar-refractivity contribution in [3.05, 3.63) is 57.6 Å². The number of nitro benzene ring substituents is 1. The van der Waals surface area contributed by atoms with Crippen LogP contribution < -0.4 is 14.4 Å². The minimum atomic E-state index is -1.13. The second kappa shape index (κ2) is 7.14. The molecular weight excluding hydrogens is 394 g/mol. The fourth-order valence-corrected chi connectivity index (χ4v) is 3.70. The zero-order valence-electron chi connectivity index (χ0n) is 16.3. The average Bonchev–Trinajstić information content (AvgIpc) is 3.28. The van der Waals surface area contributed by atoms with Crippen molar-refractivity contribution in [1.82, 2.24) is 0 Å². The van der Waals surface area contributed by atoms with Crippen molar-refractivity contribution in [3.8, 4) is 11.5 Å². The van der Waals surface area contributed by atoms with E-state index < -0.39 is 28.8 Å². The monoisotopic (exact) mass is 411 g/mol. The van der Waals surface area contributed by atoms with E-state index in [4.69, 9.17) is 14.3 Å². The van der Waals surface area contributed by atoms with E-state index in [-0.39, 0.29) is 22.6 Å². The second-order valence-electron chi connectivity index (χ2n) is 6.74. The Morgan fingerprint density at radius 2 is 1.83 bits per heavy atom. The van der Waals surface area contributed by atoms with Crippen molar-refractivity contribution in [2.24, 2.45) is 11.1 Å². The van der Waals surface area contributed by atoms with Gasteiger partial charge < -0.3 is 14.3 Å². The molecule has 2 unspecified atom stereocenters. The van der Waals surface area contributed by atoms with E-state index in [1.54, 1.807) is 18.2 Å². The van der Waals surface area contributed by atoms with Crippen molar-refractivity contribution < 1.29 is 28.8 Å². The molecule has 2 amide bonds. The Balaban J connectivity index is 1.73. The van der Waals surface area contributed by atoms with E-state index >= 15 is 0 Å². The summed E-state index contributed by atoms with van der Waals surface area (Å²) in [5.41, 5.74) is 1.02. The molecule has 1 saturated heterocycles. The summed E-state index contributed by atoms with van der Waals surface area (Å²) < 4.78 is 10.5. The van der Waals surface area contributed by atoms with Crippen LogP contribution in [-0.2, 0) is 14.4 Å². The summed E-state index contributed by atoms with van der Waals surface area (Å²) in [6, 6.07) is 9.23. The van der Waals surface area contributed by atoms with Gasteiger partial charge in [-0.2, -0.15) is 0 Å². The Kier molecular flexibility index (Phi) is 4.61. The maximum Gasteiger partial charge on any atom is 0.278 e. The SMILES string of the molecule is COc1ccc(C2=NOC3C(=O)N(c4cccc([N+](=O)[O-])c4C)C(=O)C23)cc1OC. The van der Waals surface area contributed by atoms with E-state index in [9.17, 15) is 19.7 Å². The molecule has 2 aliphatic rings. The summed E-state index contributed by atoms with van der Waals surface area (Å²) in [6.45, 7) is 1.49. The van der Waals surface area contributed by atoms with Crippen LogP contribution in [0.2, 0.25) is 0 Å². The Hall–Kier alpha value is -3.95. The number of benzene rings is 2. The topological polar surface area (TPSA) is 121 Å². The predicted molar refractivity (Wildman–Crippen MR) is 105 cm³/mol.